The van der Waals surface area contributed by atoms with Gasteiger partial charge in [0.15, 0.2) is 0 Å². The quantitative estimate of drug-likeness (QED) is 0.868. The van der Waals surface area contributed by atoms with Gasteiger partial charge >= 0.3 is 0 Å². The highest BCUT2D eigenvalue weighted by molar-refractivity contribution is 5.85. The van der Waals surface area contributed by atoms with E-state index in [0.717, 1.165) is 36.8 Å². The van der Waals surface area contributed by atoms with Crippen molar-refractivity contribution in [3.05, 3.63) is 0 Å². The first-order chi connectivity index (χ1) is 9.28. The lowest BCUT2D eigenvalue weighted by Gasteiger charge is -2.54. The van der Waals surface area contributed by atoms with E-state index in [1.165, 1.54) is 44.9 Å². The molecule has 0 atom stereocenters. The highest BCUT2D eigenvalue weighted by Crippen LogP contribution is 2.53. The maximum Gasteiger partial charge on any atom is 0.234 e. The van der Waals surface area contributed by atoms with E-state index < -0.39 is 0 Å². The monoisotopic (exact) mass is 298 g/mol. The van der Waals surface area contributed by atoms with Gasteiger partial charge in [0.1, 0.15) is 0 Å². The summed E-state index contributed by atoms with van der Waals surface area (Å²) in [5, 5.41) is 3.41. The van der Waals surface area contributed by atoms with Crippen molar-refractivity contribution >= 4 is 18.3 Å². The van der Waals surface area contributed by atoms with Crippen LogP contribution in [0.3, 0.4) is 0 Å². The van der Waals surface area contributed by atoms with E-state index >= 15 is 0 Å². The summed E-state index contributed by atoms with van der Waals surface area (Å²) in [6.45, 7) is 2.88. The van der Waals surface area contributed by atoms with Crippen molar-refractivity contribution in [2.24, 2.45) is 23.7 Å². The van der Waals surface area contributed by atoms with E-state index in [1.54, 1.807) is 0 Å². The number of rotatable bonds is 3. The number of hydrogen-bond donors (Lipinski definition) is 1. The fraction of sp³-hybridized carbons (Fsp3) is 0.938. The molecule has 4 aliphatic carbocycles. The second-order valence-corrected chi connectivity index (χ2v) is 7.51. The molecule has 0 radical (unpaired) electrons. The van der Waals surface area contributed by atoms with Gasteiger partial charge in [0, 0.05) is 6.04 Å². The molecule has 5 rings (SSSR count). The Morgan fingerprint density at radius 3 is 2.05 bits per heavy atom. The van der Waals surface area contributed by atoms with Gasteiger partial charge < -0.3 is 5.32 Å². The van der Waals surface area contributed by atoms with Crippen LogP contribution < -0.4 is 5.32 Å². The van der Waals surface area contributed by atoms with Crippen LogP contribution in [0.2, 0.25) is 0 Å². The van der Waals surface area contributed by atoms with Crippen LogP contribution in [0, 0.1) is 23.7 Å². The Morgan fingerprint density at radius 1 is 0.950 bits per heavy atom. The molecule has 20 heavy (non-hydrogen) atoms. The summed E-state index contributed by atoms with van der Waals surface area (Å²) in [5.74, 6) is 3.89. The Labute approximate surface area is 128 Å². The maximum atomic E-state index is 12.2. The van der Waals surface area contributed by atoms with Crippen molar-refractivity contribution in [1.82, 2.24) is 10.2 Å². The lowest BCUT2D eigenvalue weighted by atomic mass is 9.54. The van der Waals surface area contributed by atoms with E-state index in [0.29, 0.717) is 18.5 Å². The van der Waals surface area contributed by atoms with Gasteiger partial charge in [-0.15, -0.1) is 12.4 Å². The van der Waals surface area contributed by atoms with E-state index in [9.17, 15) is 4.79 Å². The fourth-order valence-corrected chi connectivity index (χ4v) is 5.54. The van der Waals surface area contributed by atoms with Gasteiger partial charge in [0.25, 0.3) is 0 Å². The van der Waals surface area contributed by atoms with Crippen molar-refractivity contribution < 1.29 is 4.79 Å². The fourth-order valence-electron chi connectivity index (χ4n) is 5.54. The molecule has 4 bridgehead atoms. The molecule has 0 aromatic carbocycles. The smallest absolute Gasteiger partial charge is 0.234 e. The summed E-state index contributed by atoms with van der Waals surface area (Å²) >= 11 is 0. The Morgan fingerprint density at radius 2 is 1.50 bits per heavy atom. The van der Waals surface area contributed by atoms with Crippen LogP contribution in [0.5, 0.6) is 0 Å². The normalized spacial score (nSPS) is 42.5. The van der Waals surface area contributed by atoms with E-state index in [2.05, 4.69) is 10.2 Å². The first-order valence-electron chi connectivity index (χ1n) is 8.29. The van der Waals surface area contributed by atoms with Crippen LogP contribution in [-0.2, 0) is 4.79 Å². The number of nitrogens with one attached hydrogen (secondary N) is 1. The number of halogens is 1. The first kappa shape index (κ1) is 14.6. The van der Waals surface area contributed by atoms with Crippen LogP contribution in [0.4, 0.5) is 0 Å². The predicted molar refractivity (Wildman–Crippen MR) is 81.9 cm³/mol. The first-order valence-corrected chi connectivity index (χ1v) is 8.29. The molecule has 0 unspecified atom stereocenters. The second-order valence-electron chi connectivity index (χ2n) is 7.51. The number of nitrogens with zero attached hydrogens (tertiary/aromatic N) is 1. The molecule has 4 saturated carbocycles. The molecule has 4 heteroatoms. The number of likely N-dealkylation sites (tertiary alicyclic amines) is 1. The molecule has 3 nitrogen and oxygen atoms in total. The van der Waals surface area contributed by atoms with Crippen molar-refractivity contribution in [3.63, 3.8) is 0 Å². The summed E-state index contributed by atoms with van der Waals surface area (Å²) in [6, 6.07) is 0.517. The van der Waals surface area contributed by atoms with Gasteiger partial charge in [-0.3, -0.25) is 9.69 Å². The minimum atomic E-state index is 0. The van der Waals surface area contributed by atoms with Gasteiger partial charge in [-0.25, -0.2) is 0 Å². The van der Waals surface area contributed by atoms with Gasteiger partial charge in [0.05, 0.1) is 6.54 Å². The van der Waals surface area contributed by atoms with Crippen LogP contribution >= 0.6 is 12.4 Å². The minimum Gasteiger partial charge on any atom is -0.352 e. The van der Waals surface area contributed by atoms with Crippen molar-refractivity contribution in [3.8, 4) is 0 Å². The molecule has 5 aliphatic rings. The van der Waals surface area contributed by atoms with Crippen molar-refractivity contribution in [2.45, 2.75) is 51.0 Å². The molecule has 1 heterocycles. The van der Waals surface area contributed by atoms with E-state index in [1.807, 2.05) is 0 Å². The van der Waals surface area contributed by atoms with Gasteiger partial charge in [0.2, 0.25) is 5.91 Å². The number of carbonyl (C=O) groups excluding carboxylic acids is 1. The Bertz CT molecular complexity index is 339. The third-order valence-electron chi connectivity index (χ3n) is 6.12. The number of carbonyl (C=O) groups is 1. The van der Waals surface area contributed by atoms with E-state index in [4.69, 9.17) is 0 Å². The van der Waals surface area contributed by atoms with Gasteiger partial charge in [-0.05, 0) is 81.7 Å². The molecule has 1 saturated heterocycles. The number of hydrogen-bond acceptors (Lipinski definition) is 2. The van der Waals surface area contributed by atoms with Crippen LogP contribution in [0.1, 0.15) is 44.9 Å². The lowest BCUT2D eigenvalue weighted by molar-refractivity contribution is -0.126. The summed E-state index contributed by atoms with van der Waals surface area (Å²) < 4.78 is 0. The molecule has 0 aromatic heterocycles. The van der Waals surface area contributed by atoms with E-state index in [-0.39, 0.29) is 12.4 Å². The Kier molecular flexibility index (Phi) is 4.28. The maximum absolute atomic E-state index is 12.2. The molecule has 0 spiro atoms. The Balaban J connectivity index is 0.00000121. The van der Waals surface area contributed by atoms with Crippen molar-refractivity contribution in [2.75, 3.05) is 19.6 Å². The largest absolute Gasteiger partial charge is 0.352 e. The molecule has 1 N–H and O–H groups in total. The van der Waals surface area contributed by atoms with Crippen LogP contribution in [0.15, 0.2) is 0 Å². The third kappa shape index (κ3) is 2.71. The zero-order valence-corrected chi connectivity index (χ0v) is 13.0. The summed E-state index contributed by atoms with van der Waals surface area (Å²) in [5.41, 5.74) is 0. The molecule has 0 aromatic rings. The Hall–Kier alpha value is -0.280. The van der Waals surface area contributed by atoms with Gasteiger partial charge in [-0.1, -0.05) is 0 Å². The molecular weight excluding hydrogens is 272 g/mol. The number of amides is 1. The zero-order chi connectivity index (χ0) is 12.8. The van der Waals surface area contributed by atoms with Crippen LogP contribution in [-0.4, -0.2) is 36.5 Å². The summed E-state index contributed by atoms with van der Waals surface area (Å²) in [6.07, 6.45) is 9.59. The molecule has 114 valence electrons. The van der Waals surface area contributed by atoms with Crippen molar-refractivity contribution in [1.29, 1.82) is 0 Å². The molecule has 1 aliphatic heterocycles. The molecule has 5 fully saturated rings. The summed E-state index contributed by atoms with van der Waals surface area (Å²) in [4.78, 5) is 14.5. The molecule has 1 amide bonds. The highest BCUT2D eigenvalue weighted by atomic mass is 35.5. The minimum absolute atomic E-state index is 0. The summed E-state index contributed by atoms with van der Waals surface area (Å²) in [7, 11) is 0. The average Bonchev–Trinajstić information content (AvgIpc) is 2.85. The van der Waals surface area contributed by atoms with Gasteiger partial charge in [-0.2, -0.15) is 0 Å². The van der Waals surface area contributed by atoms with Crippen LogP contribution in [0.25, 0.3) is 0 Å². The molecular formula is C16H27ClN2O. The predicted octanol–water partition coefficient (Wildman–Crippen LogP) is 2.44. The lowest BCUT2D eigenvalue weighted by Crippen LogP contribution is -2.56. The topological polar surface area (TPSA) is 32.3 Å². The standard InChI is InChI=1S/C16H26N2O.ClH/c19-15(10-18-3-1-2-4-18)17-16-13-6-11-5-12(8-13)9-14(16)7-11;/h11-14,16H,1-10H2,(H,17,19);1H. The second kappa shape index (κ2) is 5.84. The highest BCUT2D eigenvalue weighted by Gasteiger charge is 2.48. The third-order valence-corrected chi connectivity index (χ3v) is 6.12. The zero-order valence-electron chi connectivity index (χ0n) is 12.2. The average molecular weight is 299 g/mol. The SMILES string of the molecule is Cl.O=C(CN1CCCC1)NC1C2CC3CC(C2)CC1C3.